The average molecular weight is 339 g/mol. The number of nitrogens with one attached hydrogen (secondary N) is 2. The molecule has 126 valence electrons. The van der Waals surface area contributed by atoms with Crippen LogP contribution >= 0.6 is 11.6 Å². The van der Waals surface area contributed by atoms with Crippen molar-refractivity contribution in [2.45, 2.75) is 32.9 Å². The molecule has 0 heterocycles. The van der Waals surface area contributed by atoms with Gasteiger partial charge in [-0.05, 0) is 31.0 Å². The van der Waals surface area contributed by atoms with Gasteiger partial charge < -0.3 is 15.0 Å². The molecule has 0 aromatic heterocycles. The monoisotopic (exact) mass is 338 g/mol. The van der Waals surface area contributed by atoms with E-state index < -0.39 is 5.54 Å². The maximum atomic E-state index is 12.2. The molecule has 2 N–H and O–H groups in total. The second-order valence-electron chi connectivity index (χ2n) is 6.28. The van der Waals surface area contributed by atoms with Crippen molar-refractivity contribution < 1.29 is 14.4 Å². The Balaban J connectivity index is 2.70. The molecule has 0 fully saturated rings. The zero-order chi connectivity index (χ0) is 17.6. The highest BCUT2D eigenvalue weighted by atomic mass is 35.5. The van der Waals surface area contributed by atoms with Gasteiger partial charge in [0.05, 0.1) is 20.2 Å². The fourth-order valence-corrected chi connectivity index (χ4v) is 2.38. The second kappa shape index (κ2) is 8.19. The van der Waals surface area contributed by atoms with Crippen LogP contribution in [0.25, 0.3) is 0 Å². The highest BCUT2D eigenvalue weighted by molar-refractivity contribution is 6.30. The summed E-state index contributed by atoms with van der Waals surface area (Å²) >= 11 is 6.02. The van der Waals surface area contributed by atoms with Gasteiger partial charge in [0.1, 0.15) is 17.8 Å². The smallest absolute Gasteiger partial charge is 0.276 e. The van der Waals surface area contributed by atoms with Crippen LogP contribution in [0.15, 0.2) is 18.2 Å². The van der Waals surface area contributed by atoms with Gasteiger partial charge in [-0.15, -0.1) is 0 Å². The first-order valence-corrected chi connectivity index (χ1v) is 7.95. The third kappa shape index (κ3) is 5.42. The van der Waals surface area contributed by atoms with Crippen molar-refractivity contribution in [3.8, 4) is 11.8 Å². The molecular formula is C17H25ClN3O2+. The lowest BCUT2D eigenvalue weighted by Crippen LogP contribution is -3.09. The van der Waals surface area contributed by atoms with Crippen LogP contribution in [0.4, 0.5) is 0 Å². The Morgan fingerprint density at radius 1 is 1.52 bits per heavy atom. The fraction of sp³-hybridized carbons (Fsp3) is 0.529. The Hall–Kier alpha value is -1.77. The molecule has 0 spiro atoms. The summed E-state index contributed by atoms with van der Waals surface area (Å²) in [7, 11) is 3.52. The summed E-state index contributed by atoms with van der Waals surface area (Å²) in [6.07, 6.45) is 0. The summed E-state index contributed by atoms with van der Waals surface area (Å²) in [4.78, 5) is 13.2. The molecule has 0 aliphatic carbocycles. The number of carbonyl (C=O) groups is 1. The molecule has 0 saturated heterocycles. The summed E-state index contributed by atoms with van der Waals surface area (Å²) < 4.78 is 5.32. The van der Waals surface area contributed by atoms with E-state index in [4.69, 9.17) is 16.3 Å². The lowest BCUT2D eigenvalue weighted by Gasteiger charge is -2.27. The molecule has 1 aromatic carbocycles. The van der Waals surface area contributed by atoms with E-state index in [0.29, 0.717) is 11.6 Å². The number of rotatable bonds is 7. The van der Waals surface area contributed by atoms with Gasteiger partial charge in [0.25, 0.3) is 5.91 Å². The predicted molar refractivity (Wildman–Crippen MR) is 90.5 cm³/mol. The summed E-state index contributed by atoms with van der Waals surface area (Å²) in [6.45, 7) is 6.43. The fourth-order valence-electron chi connectivity index (χ4n) is 2.18. The van der Waals surface area contributed by atoms with E-state index in [9.17, 15) is 10.1 Å². The molecule has 5 nitrogen and oxygen atoms in total. The topological polar surface area (TPSA) is 66.6 Å². The summed E-state index contributed by atoms with van der Waals surface area (Å²) in [5.41, 5.74) is 0.0858. The number of likely N-dealkylation sites (N-methyl/N-ethyl adjacent to an activating group) is 1. The Kier molecular flexibility index (Phi) is 6.86. The van der Waals surface area contributed by atoms with Gasteiger partial charge in [-0.3, -0.25) is 4.79 Å². The standard InChI is InChI=1S/C17H24ClN3O2/c1-12(2)17(3,11-19)20-16(22)10-21(4)9-13-8-14(18)6-7-15(13)23-5/h6-8,12H,9-10H2,1-5H3,(H,20,22)/p+1/t17-/m0/s1. The van der Waals surface area contributed by atoms with Crippen LogP contribution in [0, 0.1) is 17.2 Å². The van der Waals surface area contributed by atoms with E-state index in [0.717, 1.165) is 16.2 Å². The van der Waals surface area contributed by atoms with Crippen LogP contribution in [0.2, 0.25) is 5.02 Å². The third-order valence-corrected chi connectivity index (χ3v) is 4.22. The van der Waals surface area contributed by atoms with Crippen LogP contribution in [0.5, 0.6) is 5.75 Å². The molecular weight excluding hydrogens is 314 g/mol. The maximum absolute atomic E-state index is 12.2. The number of carbonyl (C=O) groups excluding carboxylic acids is 1. The van der Waals surface area contributed by atoms with E-state index in [1.54, 1.807) is 20.1 Å². The summed E-state index contributed by atoms with van der Waals surface area (Å²) in [6, 6.07) is 7.61. The van der Waals surface area contributed by atoms with E-state index in [2.05, 4.69) is 11.4 Å². The molecule has 2 atom stereocenters. The van der Waals surface area contributed by atoms with Gasteiger partial charge in [0.15, 0.2) is 6.54 Å². The van der Waals surface area contributed by atoms with E-state index in [-0.39, 0.29) is 18.4 Å². The number of amides is 1. The number of quaternary nitrogens is 1. The molecule has 6 heteroatoms. The number of hydrogen-bond acceptors (Lipinski definition) is 3. The molecule has 1 amide bonds. The van der Waals surface area contributed by atoms with E-state index in [1.807, 2.05) is 33.0 Å². The van der Waals surface area contributed by atoms with Crippen molar-refractivity contribution in [2.75, 3.05) is 20.7 Å². The van der Waals surface area contributed by atoms with Gasteiger partial charge in [-0.1, -0.05) is 25.4 Å². The van der Waals surface area contributed by atoms with Gasteiger partial charge in [-0.2, -0.15) is 5.26 Å². The largest absolute Gasteiger partial charge is 0.496 e. The third-order valence-electron chi connectivity index (χ3n) is 3.98. The Morgan fingerprint density at radius 2 is 2.17 bits per heavy atom. The lowest BCUT2D eigenvalue weighted by atomic mass is 9.90. The van der Waals surface area contributed by atoms with Crippen molar-refractivity contribution >= 4 is 17.5 Å². The molecule has 1 rings (SSSR count). The number of nitriles is 1. The van der Waals surface area contributed by atoms with Crippen molar-refractivity contribution in [1.29, 1.82) is 5.26 Å². The number of nitrogens with zero attached hydrogens (tertiary/aromatic N) is 1. The first-order chi connectivity index (χ1) is 10.7. The highest BCUT2D eigenvalue weighted by Crippen LogP contribution is 2.21. The van der Waals surface area contributed by atoms with Crippen LogP contribution in [-0.4, -0.2) is 32.1 Å². The van der Waals surface area contributed by atoms with Gasteiger partial charge >= 0.3 is 0 Å². The molecule has 0 saturated carbocycles. The number of methoxy groups -OCH3 is 1. The first kappa shape index (κ1) is 19.3. The van der Waals surface area contributed by atoms with Crippen LogP contribution in [-0.2, 0) is 11.3 Å². The highest BCUT2D eigenvalue weighted by Gasteiger charge is 2.30. The number of halogens is 1. The first-order valence-electron chi connectivity index (χ1n) is 7.57. The summed E-state index contributed by atoms with van der Waals surface area (Å²) in [5.74, 6) is 0.629. The molecule has 1 aromatic rings. The van der Waals surface area contributed by atoms with Gasteiger partial charge in [0.2, 0.25) is 0 Å². The van der Waals surface area contributed by atoms with Crippen molar-refractivity contribution in [2.24, 2.45) is 5.92 Å². The lowest BCUT2D eigenvalue weighted by molar-refractivity contribution is -0.885. The van der Waals surface area contributed by atoms with E-state index in [1.165, 1.54) is 0 Å². The second-order valence-corrected chi connectivity index (χ2v) is 6.72. The SMILES string of the molecule is COc1ccc(Cl)cc1C[NH+](C)CC(=O)N[C@@](C)(C#N)C(C)C. The van der Waals surface area contributed by atoms with Crippen molar-refractivity contribution in [3.63, 3.8) is 0 Å². The van der Waals surface area contributed by atoms with Crippen LogP contribution in [0.1, 0.15) is 26.3 Å². The van der Waals surface area contributed by atoms with Crippen LogP contribution < -0.4 is 15.0 Å². The van der Waals surface area contributed by atoms with Gasteiger partial charge in [0, 0.05) is 10.6 Å². The van der Waals surface area contributed by atoms with Crippen LogP contribution in [0.3, 0.4) is 0 Å². The Bertz CT molecular complexity index is 598. The zero-order valence-corrected chi connectivity index (χ0v) is 15.1. The molecule has 1 unspecified atom stereocenters. The molecule has 0 bridgehead atoms. The van der Waals surface area contributed by atoms with Crippen molar-refractivity contribution in [1.82, 2.24) is 5.32 Å². The Morgan fingerprint density at radius 3 is 2.70 bits per heavy atom. The van der Waals surface area contributed by atoms with Gasteiger partial charge in [-0.25, -0.2) is 0 Å². The minimum atomic E-state index is -0.856. The molecule has 0 aliphatic rings. The quantitative estimate of drug-likeness (QED) is 0.790. The maximum Gasteiger partial charge on any atom is 0.276 e. The molecule has 23 heavy (non-hydrogen) atoms. The van der Waals surface area contributed by atoms with Crippen molar-refractivity contribution in [3.05, 3.63) is 28.8 Å². The number of benzene rings is 1. The van der Waals surface area contributed by atoms with E-state index >= 15 is 0 Å². The minimum absolute atomic E-state index is 0.0322. The average Bonchev–Trinajstić information content (AvgIpc) is 2.46. The zero-order valence-electron chi connectivity index (χ0n) is 14.4. The predicted octanol–water partition coefficient (Wildman–Crippen LogP) is 1.42. The summed E-state index contributed by atoms with van der Waals surface area (Å²) in [5, 5.41) is 12.7. The number of ether oxygens (including phenoxy) is 1. The minimum Gasteiger partial charge on any atom is -0.496 e. The molecule has 0 aliphatic heterocycles. The number of hydrogen-bond donors (Lipinski definition) is 2. The molecule has 0 radical (unpaired) electrons. The Labute approximate surface area is 143 Å². The normalized spacial score (nSPS) is 14.7.